The fraction of sp³-hybridized carbons (Fsp3) is 0.375. The van der Waals surface area contributed by atoms with E-state index in [1.165, 1.54) is 5.56 Å². The van der Waals surface area contributed by atoms with Crippen molar-refractivity contribution in [2.45, 2.75) is 32.0 Å². The number of halogens is 1. The monoisotopic (exact) mass is 347 g/mol. The maximum Gasteiger partial charge on any atom is 0.0993 e. The molecule has 1 aliphatic rings. The topological polar surface area (TPSA) is 47.0 Å². The first-order valence-corrected chi connectivity index (χ1v) is 7.89. The molecule has 3 heterocycles. The van der Waals surface area contributed by atoms with E-state index in [4.69, 9.17) is 4.74 Å². The van der Waals surface area contributed by atoms with Crippen LogP contribution in [0.2, 0.25) is 0 Å². The van der Waals surface area contributed by atoms with Gasteiger partial charge < -0.3 is 10.1 Å². The van der Waals surface area contributed by atoms with Gasteiger partial charge in [-0.25, -0.2) is 0 Å². The molecule has 1 fully saturated rings. The zero-order chi connectivity index (χ0) is 14.7. The summed E-state index contributed by atoms with van der Waals surface area (Å²) < 4.78 is 6.87. The number of nitrogens with one attached hydrogen (secondary N) is 1. The molecule has 1 N–H and O–H groups in total. The van der Waals surface area contributed by atoms with Crippen LogP contribution < -0.4 is 5.32 Å². The van der Waals surface area contributed by atoms with E-state index in [9.17, 15) is 0 Å². The summed E-state index contributed by atoms with van der Waals surface area (Å²) in [7, 11) is 0. The first-order valence-electron chi connectivity index (χ1n) is 7.10. The average Bonchev–Trinajstić information content (AvgIpc) is 2.95. The zero-order valence-corrected chi connectivity index (χ0v) is 13.5. The first kappa shape index (κ1) is 14.6. The largest absolute Gasteiger partial charge is 0.372 e. The van der Waals surface area contributed by atoms with Gasteiger partial charge in [0.05, 0.1) is 6.10 Å². The van der Waals surface area contributed by atoms with Crippen molar-refractivity contribution in [3.05, 3.63) is 58.1 Å². The van der Waals surface area contributed by atoms with Crippen LogP contribution >= 0.6 is 15.9 Å². The van der Waals surface area contributed by atoms with Gasteiger partial charge in [-0.1, -0.05) is 6.07 Å². The molecule has 0 unspecified atom stereocenters. The molecule has 1 aliphatic heterocycles. The lowest BCUT2D eigenvalue weighted by Crippen LogP contribution is -2.31. The zero-order valence-electron chi connectivity index (χ0n) is 11.9. The number of ether oxygens (including phenoxy) is 1. The van der Waals surface area contributed by atoms with Crippen molar-refractivity contribution in [2.24, 2.45) is 0 Å². The second-order valence-electron chi connectivity index (χ2n) is 5.25. The minimum Gasteiger partial charge on any atom is -0.372 e. The third kappa shape index (κ3) is 3.48. The molecule has 0 amide bonds. The van der Waals surface area contributed by atoms with Gasteiger partial charge in [0.2, 0.25) is 0 Å². The Morgan fingerprint density at radius 2 is 2.33 bits per heavy atom. The minimum atomic E-state index is 0.0620. The molecule has 2 aromatic heterocycles. The van der Waals surface area contributed by atoms with Gasteiger partial charge in [-0.15, -0.1) is 0 Å². The Balaban J connectivity index is 1.69. The second kappa shape index (κ2) is 6.64. The van der Waals surface area contributed by atoms with Gasteiger partial charge >= 0.3 is 0 Å². The van der Waals surface area contributed by atoms with Crippen LogP contribution in [0.15, 0.2) is 41.3 Å². The highest BCUT2D eigenvalue weighted by Crippen LogP contribution is 2.30. The van der Waals surface area contributed by atoms with E-state index >= 15 is 0 Å². The predicted molar refractivity (Wildman–Crippen MR) is 84.8 cm³/mol. The lowest BCUT2D eigenvalue weighted by molar-refractivity contribution is 0.0981. The molecule has 2 aromatic rings. The molecule has 5 heteroatoms. The predicted octanol–water partition coefficient (Wildman–Crippen LogP) is 3.17. The summed E-state index contributed by atoms with van der Waals surface area (Å²) in [4.78, 5) is 8.56. The van der Waals surface area contributed by atoms with Crippen LogP contribution in [0.25, 0.3) is 0 Å². The number of pyridine rings is 2. The number of rotatable bonds is 4. The molecule has 1 saturated heterocycles. The van der Waals surface area contributed by atoms with Crippen LogP contribution in [0.4, 0.5) is 0 Å². The SMILES string of the molecule is Cc1ncccc1CN[C@H]1CCO[C@@H]1c1cncc(Br)c1. The number of nitrogens with zero attached hydrogens (tertiary/aromatic N) is 2. The van der Waals surface area contributed by atoms with Crippen molar-refractivity contribution in [1.29, 1.82) is 0 Å². The fourth-order valence-electron chi connectivity index (χ4n) is 2.66. The molecule has 0 bridgehead atoms. The Morgan fingerprint density at radius 1 is 1.43 bits per heavy atom. The van der Waals surface area contributed by atoms with E-state index in [2.05, 4.69) is 43.3 Å². The summed E-state index contributed by atoms with van der Waals surface area (Å²) in [5.74, 6) is 0. The van der Waals surface area contributed by atoms with Gasteiger partial charge in [0, 0.05) is 53.5 Å². The second-order valence-corrected chi connectivity index (χ2v) is 6.17. The standard InChI is InChI=1S/C16H18BrN3O/c1-11-12(3-2-5-19-11)9-20-15-4-6-21-16(15)13-7-14(17)10-18-8-13/h2-3,5,7-8,10,15-16,20H,4,6,9H2,1H3/t15-,16+/m0/s1. The van der Waals surface area contributed by atoms with Gasteiger partial charge in [-0.3, -0.25) is 9.97 Å². The summed E-state index contributed by atoms with van der Waals surface area (Å²) in [6, 6.07) is 6.47. The lowest BCUT2D eigenvalue weighted by Gasteiger charge is -2.20. The smallest absolute Gasteiger partial charge is 0.0993 e. The van der Waals surface area contributed by atoms with Crippen LogP contribution in [-0.2, 0) is 11.3 Å². The van der Waals surface area contributed by atoms with Gasteiger partial charge in [-0.2, -0.15) is 0 Å². The van der Waals surface area contributed by atoms with Gasteiger partial charge in [0.1, 0.15) is 0 Å². The fourth-order valence-corrected chi connectivity index (χ4v) is 3.04. The van der Waals surface area contributed by atoms with E-state index < -0.39 is 0 Å². The van der Waals surface area contributed by atoms with Crippen LogP contribution in [0.1, 0.15) is 29.3 Å². The molecule has 110 valence electrons. The normalized spacial score (nSPS) is 21.6. The van der Waals surface area contributed by atoms with E-state index in [1.807, 2.05) is 25.4 Å². The van der Waals surface area contributed by atoms with E-state index in [0.29, 0.717) is 6.04 Å². The third-order valence-electron chi connectivity index (χ3n) is 3.82. The number of aromatic nitrogens is 2. The summed E-state index contributed by atoms with van der Waals surface area (Å²) in [5, 5.41) is 3.60. The lowest BCUT2D eigenvalue weighted by atomic mass is 10.0. The number of hydrogen-bond donors (Lipinski definition) is 1. The van der Waals surface area contributed by atoms with Gasteiger partial charge in [0.25, 0.3) is 0 Å². The molecule has 0 spiro atoms. The molecule has 0 saturated carbocycles. The number of hydrogen-bond acceptors (Lipinski definition) is 4. The van der Waals surface area contributed by atoms with Crippen molar-refractivity contribution in [1.82, 2.24) is 15.3 Å². The minimum absolute atomic E-state index is 0.0620. The van der Waals surface area contributed by atoms with Gasteiger partial charge in [0.15, 0.2) is 0 Å². The molecule has 0 radical (unpaired) electrons. The quantitative estimate of drug-likeness (QED) is 0.922. The third-order valence-corrected chi connectivity index (χ3v) is 4.25. The highest BCUT2D eigenvalue weighted by molar-refractivity contribution is 9.10. The maximum atomic E-state index is 5.89. The van der Waals surface area contributed by atoms with E-state index in [1.54, 1.807) is 6.20 Å². The number of aryl methyl sites for hydroxylation is 1. The highest BCUT2D eigenvalue weighted by atomic mass is 79.9. The molecule has 4 nitrogen and oxygen atoms in total. The van der Waals surface area contributed by atoms with E-state index in [-0.39, 0.29) is 6.10 Å². The first-order chi connectivity index (χ1) is 10.2. The van der Waals surface area contributed by atoms with E-state index in [0.717, 1.165) is 35.3 Å². The molecule has 0 aliphatic carbocycles. The molecular formula is C16H18BrN3O. The van der Waals surface area contributed by atoms with Crippen LogP contribution in [-0.4, -0.2) is 22.6 Å². The summed E-state index contributed by atoms with van der Waals surface area (Å²) in [5.41, 5.74) is 3.42. The Kier molecular flexibility index (Phi) is 4.63. The summed E-state index contributed by atoms with van der Waals surface area (Å²) in [6.07, 6.45) is 6.57. The Labute approximate surface area is 133 Å². The average molecular weight is 348 g/mol. The van der Waals surface area contributed by atoms with Crippen LogP contribution in [0.3, 0.4) is 0 Å². The van der Waals surface area contributed by atoms with Crippen molar-refractivity contribution in [2.75, 3.05) is 6.61 Å². The van der Waals surface area contributed by atoms with Gasteiger partial charge in [-0.05, 0) is 47.0 Å². The summed E-state index contributed by atoms with van der Waals surface area (Å²) >= 11 is 3.47. The highest BCUT2D eigenvalue weighted by Gasteiger charge is 2.29. The molecule has 3 rings (SSSR count). The van der Waals surface area contributed by atoms with Crippen molar-refractivity contribution < 1.29 is 4.74 Å². The molecule has 0 aromatic carbocycles. The van der Waals surface area contributed by atoms with Crippen molar-refractivity contribution in [3.63, 3.8) is 0 Å². The van der Waals surface area contributed by atoms with Crippen molar-refractivity contribution >= 4 is 15.9 Å². The molecular weight excluding hydrogens is 330 g/mol. The van der Waals surface area contributed by atoms with Crippen LogP contribution in [0, 0.1) is 6.92 Å². The summed E-state index contributed by atoms with van der Waals surface area (Å²) in [6.45, 7) is 3.63. The van der Waals surface area contributed by atoms with Crippen LogP contribution in [0.5, 0.6) is 0 Å². The molecule has 2 atom stereocenters. The Hall–Kier alpha value is -1.30. The molecule has 21 heavy (non-hydrogen) atoms. The Morgan fingerprint density at radius 3 is 3.14 bits per heavy atom. The maximum absolute atomic E-state index is 5.89. The van der Waals surface area contributed by atoms with Crippen molar-refractivity contribution in [3.8, 4) is 0 Å². The Bertz CT molecular complexity index is 620.